The highest BCUT2D eigenvalue weighted by Gasteiger charge is 2.63. The van der Waals surface area contributed by atoms with Gasteiger partial charge in [0.1, 0.15) is 29.8 Å². The van der Waals surface area contributed by atoms with Crippen molar-refractivity contribution >= 4 is 5.91 Å². The van der Waals surface area contributed by atoms with E-state index in [9.17, 15) is 18.0 Å². The molecular formula is C20H17F3N2O3. The molecule has 1 amide bonds. The molecule has 3 heterocycles. The maximum Gasteiger partial charge on any atom is 0.257 e. The molecule has 28 heavy (non-hydrogen) atoms. The van der Waals surface area contributed by atoms with Gasteiger partial charge in [0.2, 0.25) is 5.88 Å². The van der Waals surface area contributed by atoms with Crippen LogP contribution in [0.5, 0.6) is 5.88 Å². The summed E-state index contributed by atoms with van der Waals surface area (Å²) in [4.78, 5) is 18.5. The first-order valence-corrected chi connectivity index (χ1v) is 9.18. The Kier molecular flexibility index (Phi) is 3.87. The molecule has 0 N–H and O–H groups in total. The molecule has 1 aliphatic carbocycles. The zero-order valence-electron chi connectivity index (χ0n) is 14.8. The maximum atomic E-state index is 13.6. The van der Waals surface area contributed by atoms with Crippen molar-refractivity contribution < 1.29 is 27.4 Å². The van der Waals surface area contributed by atoms with E-state index in [0.29, 0.717) is 37.1 Å². The second-order valence-electron chi connectivity index (χ2n) is 7.54. The minimum Gasteiger partial charge on any atom is -0.474 e. The van der Waals surface area contributed by atoms with Crippen molar-refractivity contribution in [3.8, 4) is 5.88 Å². The minimum absolute atomic E-state index is 0.170. The monoisotopic (exact) mass is 390 g/mol. The van der Waals surface area contributed by atoms with Crippen LogP contribution in [-0.4, -0.2) is 33.7 Å². The molecule has 0 unspecified atom stereocenters. The number of amides is 1. The van der Waals surface area contributed by atoms with E-state index in [1.807, 2.05) is 0 Å². The number of carbonyl (C=O) groups is 1. The first-order valence-electron chi connectivity index (χ1n) is 9.18. The van der Waals surface area contributed by atoms with Crippen molar-refractivity contribution in [3.63, 3.8) is 0 Å². The van der Waals surface area contributed by atoms with E-state index < -0.39 is 35.3 Å². The number of halogens is 3. The van der Waals surface area contributed by atoms with Crippen molar-refractivity contribution in [2.75, 3.05) is 0 Å². The van der Waals surface area contributed by atoms with Gasteiger partial charge in [0.05, 0.1) is 12.2 Å². The third-order valence-electron chi connectivity index (χ3n) is 5.69. The average Bonchev–Trinajstić information content (AvgIpc) is 3.14. The molecule has 1 aromatic carbocycles. The molecule has 0 radical (unpaired) electrons. The van der Waals surface area contributed by atoms with Crippen LogP contribution >= 0.6 is 0 Å². The van der Waals surface area contributed by atoms with E-state index >= 15 is 0 Å². The molecule has 2 saturated heterocycles. The van der Waals surface area contributed by atoms with Crippen LogP contribution in [0.15, 0.2) is 36.5 Å². The maximum absolute atomic E-state index is 13.6. The van der Waals surface area contributed by atoms with Crippen molar-refractivity contribution in [2.24, 2.45) is 0 Å². The molecule has 3 aliphatic rings. The summed E-state index contributed by atoms with van der Waals surface area (Å²) in [5.41, 5.74) is -0.517. The average molecular weight is 390 g/mol. The number of hydrogen-bond donors (Lipinski definition) is 0. The summed E-state index contributed by atoms with van der Waals surface area (Å²) >= 11 is 0. The molecule has 5 nitrogen and oxygen atoms in total. The number of carbonyl (C=O) groups excluding carboxylic acids is 1. The fourth-order valence-electron chi connectivity index (χ4n) is 4.44. The second kappa shape index (κ2) is 6.20. The van der Waals surface area contributed by atoms with Gasteiger partial charge in [-0.15, -0.1) is 0 Å². The Balaban J connectivity index is 1.30. The zero-order valence-corrected chi connectivity index (χ0v) is 14.8. The van der Waals surface area contributed by atoms with Crippen molar-refractivity contribution in [2.45, 2.75) is 49.7 Å². The fraction of sp³-hybridized carbons (Fsp3) is 0.400. The lowest BCUT2D eigenvalue weighted by Crippen LogP contribution is -2.56. The van der Waals surface area contributed by atoms with Crippen molar-refractivity contribution in [1.29, 1.82) is 0 Å². The SMILES string of the molecule is O=C1N2[C@@H](CC[C@H]2c2cc(F)cc(F)c2)OC12CC(Oc1ccc(F)cn1)C2. The highest BCUT2D eigenvalue weighted by atomic mass is 19.1. The van der Waals surface area contributed by atoms with E-state index in [1.54, 1.807) is 4.90 Å². The molecular weight excluding hydrogens is 373 g/mol. The van der Waals surface area contributed by atoms with Crippen LogP contribution in [0.1, 0.15) is 37.3 Å². The molecule has 2 aliphatic heterocycles. The van der Waals surface area contributed by atoms with Crippen LogP contribution in [0, 0.1) is 17.5 Å². The van der Waals surface area contributed by atoms with E-state index in [0.717, 1.165) is 12.3 Å². The Morgan fingerprint density at radius 3 is 2.50 bits per heavy atom. The first kappa shape index (κ1) is 17.5. The van der Waals surface area contributed by atoms with Gasteiger partial charge in [-0.25, -0.2) is 18.2 Å². The summed E-state index contributed by atoms with van der Waals surface area (Å²) in [6, 6.07) is 5.64. The van der Waals surface area contributed by atoms with Gasteiger partial charge in [-0.05, 0) is 36.6 Å². The number of fused-ring (bicyclic) bond motifs is 1. The Morgan fingerprint density at radius 1 is 1.07 bits per heavy atom. The number of hydrogen-bond acceptors (Lipinski definition) is 4. The zero-order chi connectivity index (χ0) is 19.5. The van der Waals surface area contributed by atoms with Gasteiger partial charge in [-0.2, -0.15) is 0 Å². The third-order valence-corrected chi connectivity index (χ3v) is 5.69. The van der Waals surface area contributed by atoms with Gasteiger partial charge in [0.25, 0.3) is 5.91 Å². The van der Waals surface area contributed by atoms with Crippen molar-refractivity contribution in [3.05, 3.63) is 59.5 Å². The number of pyridine rings is 1. The number of benzene rings is 1. The summed E-state index contributed by atoms with van der Waals surface area (Å²) in [6.45, 7) is 0. The molecule has 1 saturated carbocycles. The normalized spacial score (nSPS) is 31.2. The Morgan fingerprint density at radius 2 is 1.82 bits per heavy atom. The lowest BCUT2D eigenvalue weighted by atomic mass is 9.76. The molecule has 2 aromatic rings. The number of aromatic nitrogens is 1. The van der Waals surface area contributed by atoms with Crippen LogP contribution in [0.25, 0.3) is 0 Å². The third kappa shape index (κ3) is 2.74. The number of rotatable bonds is 3. The lowest BCUT2D eigenvalue weighted by molar-refractivity contribution is -0.162. The summed E-state index contributed by atoms with van der Waals surface area (Å²) in [5.74, 6) is -1.65. The molecule has 1 aromatic heterocycles. The molecule has 146 valence electrons. The Hall–Kier alpha value is -2.61. The van der Waals surface area contributed by atoms with Crippen LogP contribution in [0.3, 0.4) is 0 Å². The summed E-state index contributed by atoms with van der Waals surface area (Å²) in [7, 11) is 0. The van der Waals surface area contributed by atoms with Gasteiger partial charge in [0.15, 0.2) is 5.60 Å². The predicted molar refractivity (Wildman–Crippen MR) is 90.6 cm³/mol. The highest BCUT2D eigenvalue weighted by Crippen LogP contribution is 2.51. The highest BCUT2D eigenvalue weighted by molar-refractivity contribution is 5.89. The van der Waals surface area contributed by atoms with Gasteiger partial charge in [0, 0.05) is 25.0 Å². The Labute approximate surface area is 159 Å². The topological polar surface area (TPSA) is 51.7 Å². The minimum atomic E-state index is -0.958. The number of nitrogens with zero attached hydrogens (tertiary/aromatic N) is 2. The van der Waals surface area contributed by atoms with Crippen LogP contribution in [-0.2, 0) is 9.53 Å². The van der Waals surface area contributed by atoms with Gasteiger partial charge in [-0.1, -0.05) is 0 Å². The van der Waals surface area contributed by atoms with Gasteiger partial charge < -0.3 is 14.4 Å². The van der Waals surface area contributed by atoms with E-state index in [2.05, 4.69) is 4.98 Å². The quantitative estimate of drug-likeness (QED) is 0.805. The molecule has 3 fully saturated rings. The van der Waals surface area contributed by atoms with Gasteiger partial charge >= 0.3 is 0 Å². The summed E-state index contributed by atoms with van der Waals surface area (Å²) in [6.07, 6.45) is 2.35. The fourth-order valence-corrected chi connectivity index (χ4v) is 4.44. The lowest BCUT2D eigenvalue weighted by Gasteiger charge is -2.42. The van der Waals surface area contributed by atoms with Gasteiger partial charge in [-0.3, -0.25) is 4.79 Å². The molecule has 5 rings (SSSR count). The molecule has 0 bridgehead atoms. The molecule has 2 atom stereocenters. The standard InChI is InChI=1S/C20H17F3N2O3/c21-12-1-3-17(24-10-12)27-15-8-20(9-15)19(26)25-16(2-4-18(25)28-20)11-5-13(22)7-14(23)6-11/h1,3,5-7,10,15-16,18H,2,4,8-9H2/t15?,16-,18+,20?/m0/s1. The number of ether oxygens (including phenoxy) is 2. The largest absolute Gasteiger partial charge is 0.474 e. The summed E-state index contributed by atoms with van der Waals surface area (Å²) in [5, 5.41) is 0. The van der Waals surface area contributed by atoms with E-state index in [-0.39, 0.29) is 12.0 Å². The summed E-state index contributed by atoms with van der Waals surface area (Å²) < 4.78 is 51.9. The van der Waals surface area contributed by atoms with Crippen LogP contribution in [0.4, 0.5) is 13.2 Å². The Bertz CT molecular complexity index is 911. The van der Waals surface area contributed by atoms with E-state index in [1.165, 1.54) is 24.3 Å². The van der Waals surface area contributed by atoms with E-state index in [4.69, 9.17) is 9.47 Å². The predicted octanol–water partition coefficient (Wildman–Crippen LogP) is 3.50. The first-order chi connectivity index (χ1) is 13.4. The molecule has 1 spiro atoms. The smallest absolute Gasteiger partial charge is 0.257 e. The second-order valence-corrected chi connectivity index (χ2v) is 7.54. The molecule has 8 heteroatoms. The van der Waals surface area contributed by atoms with Crippen molar-refractivity contribution in [1.82, 2.24) is 9.88 Å². The van der Waals surface area contributed by atoms with Crippen LogP contribution < -0.4 is 4.74 Å². The van der Waals surface area contributed by atoms with Crippen LogP contribution in [0.2, 0.25) is 0 Å².